The third kappa shape index (κ3) is 28.5. The second kappa shape index (κ2) is 49.8. The van der Waals surface area contributed by atoms with Gasteiger partial charge in [-0.25, -0.2) is 4.98 Å². The molecule has 726 valence electrons. The Morgan fingerprint density at radius 3 is 1.78 bits per heavy atom. The van der Waals surface area contributed by atoms with Gasteiger partial charge < -0.3 is 130 Å². The van der Waals surface area contributed by atoms with E-state index in [0.29, 0.717) is 64.2 Å². The van der Waals surface area contributed by atoms with Gasteiger partial charge in [0, 0.05) is 131 Å². The van der Waals surface area contributed by atoms with Crippen molar-refractivity contribution in [2.45, 2.75) is 215 Å². The Bertz CT molecular complexity index is 5190. The van der Waals surface area contributed by atoms with Crippen LogP contribution in [-0.2, 0) is 107 Å². The molecule has 15 atom stereocenters. The number of phenols is 1. The molecular formula is C89H123N23O21S. The van der Waals surface area contributed by atoms with Gasteiger partial charge >= 0.3 is 5.97 Å². The number of para-hydroxylation sites is 2. The number of carboxylic acids is 1. The molecule has 6 heterocycles. The Morgan fingerprint density at radius 1 is 0.582 bits per heavy atom. The molecule has 45 heteroatoms. The number of Topliss-reactive ketones (excluding diaryl/α,β-unsaturated/α-hetero) is 1. The number of benzene rings is 3. The number of aliphatic hydroxyl groups excluding tert-OH is 2. The predicted octanol–water partition coefficient (Wildman–Crippen LogP) is -3.33. The zero-order valence-corrected chi connectivity index (χ0v) is 76.4. The minimum Gasteiger partial charge on any atom is -0.508 e. The molecule has 3 aromatic heterocycles. The van der Waals surface area contributed by atoms with Gasteiger partial charge in [0.05, 0.1) is 49.5 Å². The van der Waals surface area contributed by atoms with Crippen LogP contribution >= 0.6 is 11.8 Å². The SMILES string of the molecule is CCCC[C@H]1C(=O)N(C)[C@@H](CCCC)C(=O)N[C@@H](CCCNC(=N)N)C(=O)N[C@H](C(=O)NCC(N)=O)CSCC(=O)N[C@@H](Cc2ccc(O)cc2)C(=O)N(C)[C@@H](C)C(=O)N[C@@H](CN)C(=O)N2CCC[C@H]2C(=O)N[C@@H](Cc2c[nH]cn2)C(=O)N[C@@H](CC(=O)O)C(=O)N2C[C@H](O)C[C@H]2C(=O)C[C@@H](Cc2c[nH]c3ccccc23)C(=O)N[C@@H](CO)C(=O)N[C@@H](Cc2c[nH]c3ccccc23)C(=O)N1C. The summed E-state index contributed by atoms with van der Waals surface area (Å²) in [7, 11) is 3.91. The Hall–Kier alpha value is -13.6. The molecule has 3 aromatic carbocycles. The lowest BCUT2D eigenvalue weighted by Gasteiger charge is -2.36. The van der Waals surface area contributed by atoms with Crippen molar-refractivity contribution in [2.24, 2.45) is 23.1 Å². The first-order valence-corrected chi connectivity index (χ1v) is 45.7. The number of carbonyl (C=O) groups is 17. The van der Waals surface area contributed by atoms with Gasteiger partial charge in [0.25, 0.3) is 0 Å². The summed E-state index contributed by atoms with van der Waals surface area (Å²) in [5, 5.41) is 78.2. The quantitative estimate of drug-likeness (QED) is 0.0151. The van der Waals surface area contributed by atoms with Crippen LogP contribution in [0.2, 0.25) is 0 Å². The number of nitrogens with two attached hydrogens (primary N) is 3. The zero-order valence-electron chi connectivity index (χ0n) is 75.6. The van der Waals surface area contributed by atoms with E-state index in [-0.39, 0.29) is 82.3 Å². The molecular weight excluding hydrogens is 1760 g/mol. The monoisotopic (exact) mass is 1880 g/mol. The summed E-state index contributed by atoms with van der Waals surface area (Å²) in [4.78, 5) is 268. The van der Waals surface area contributed by atoms with E-state index < -0.39 is 260 Å². The molecule has 0 spiro atoms. The zero-order chi connectivity index (χ0) is 97.7. The number of imidazole rings is 1. The van der Waals surface area contributed by atoms with Crippen molar-refractivity contribution in [3.05, 3.63) is 120 Å². The fourth-order valence-corrected chi connectivity index (χ4v) is 17.4. The average Bonchev–Trinajstić information content (AvgIpc) is 1.61. The van der Waals surface area contributed by atoms with Crippen molar-refractivity contribution in [3.63, 3.8) is 0 Å². The highest BCUT2D eigenvalue weighted by atomic mass is 32.2. The van der Waals surface area contributed by atoms with Crippen molar-refractivity contribution in [3.8, 4) is 5.75 Å². The van der Waals surface area contributed by atoms with Crippen LogP contribution in [0, 0.1) is 11.3 Å². The van der Waals surface area contributed by atoms with Crippen LogP contribution in [0.4, 0.5) is 0 Å². The van der Waals surface area contributed by atoms with Gasteiger partial charge in [0.1, 0.15) is 78.3 Å². The van der Waals surface area contributed by atoms with Crippen molar-refractivity contribution in [1.29, 1.82) is 5.41 Å². The number of primary amides is 1. The number of amides is 15. The first kappa shape index (κ1) is 104. The third-order valence-electron chi connectivity index (χ3n) is 24.1. The van der Waals surface area contributed by atoms with E-state index in [9.17, 15) is 68.4 Å². The van der Waals surface area contributed by atoms with E-state index in [1.165, 1.54) is 64.9 Å². The molecule has 3 saturated heterocycles. The Labute approximate surface area is 776 Å². The van der Waals surface area contributed by atoms with Gasteiger partial charge in [-0.2, -0.15) is 0 Å². The number of nitrogens with zero attached hydrogens (tertiary/aromatic N) is 6. The van der Waals surface area contributed by atoms with Gasteiger partial charge in [-0.05, 0) is 92.8 Å². The van der Waals surface area contributed by atoms with Crippen LogP contribution in [0.15, 0.2) is 97.7 Å². The lowest BCUT2D eigenvalue weighted by Crippen LogP contribution is -2.61. The lowest BCUT2D eigenvalue weighted by molar-refractivity contribution is -0.149. The number of nitrogens with one attached hydrogen (secondary N) is 14. The number of rotatable bonds is 25. The highest BCUT2D eigenvalue weighted by Gasteiger charge is 2.47. The second-order valence-corrected chi connectivity index (χ2v) is 34.8. The standard InChI is InChI=1S/C89H123N23O21S/c1-7-9-22-68-82(127)101-60(21-15-29-95-89(92)93)79(124)107-67(78(123)98-42-73(91)117)45-134-46-74(118)100-62(31-49-25-27-54(114)28-26-49)84(129)108(4)48(3)76(121)105-65(38-90)87(132)111-30-16-24-69(111)83(128)102-61(35-53-41-94-47-99-53)80(125)104-64(37-75(119)120)86(131)112-43-55(115)36-71(112)72(116)34-50(32-51-39-96-58-19-13-11-17-56(51)58)77(122)106-66(44-113)81(126)103-63(33-52-40-97-59-20-14-12-18-57(52)59)85(130)110(6)70(23-10-8-2)88(133)109(68)5/h11-14,17-20,25-28,39-41,47-48,50,55,60-71,96-97,113-115H,7-10,15-16,21-24,29-38,42-46,90H2,1-6H3,(H2,91,117)(H,94,99)(H,98,123)(H,100,118)(H,101,127)(H,102,128)(H,103,126)(H,104,125)(H,105,121)(H,106,122)(H,107,124)(H,119,120)(H4,92,93,95)/t48-,50+,55+,60-,61-,62-,63-,64-,65-,66-,67-,68-,69-,70-,71-/m0/s1. The number of guanidine groups is 1. The molecule has 0 bridgehead atoms. The molecule has 3 aliphatic rings. The Kier molecular flexibility index (Phi) is 38.7. The van der Waals surface area contributed by atoms with Crippen molar-refractivity contribution >= 4 is 140 Å². The number of thioether (sulfide) groups is 1. The number of carbonyl (C=O) groups excluding carboxylic acids is 16. The first-order chi connectivity index (χ1) is 63.9. The first-order valence-electron chi connectivity index (χ1n) is 44.6. The molecule has 0 saturated carbocycles. The summed E-state index contributed by atoms with van der Waals surface area (Å²) >= 11 is 0.768. The Balaban J connectivity index is 1.09. The average molecular weight is 1880 g/mol. The number of fused-ring (bicyclic) bond motifs is 4. The smallest absolute Gasteiger partial charge is 0.305 e. The fraction of sp³-hybridized carbons (Fsp3) is 0.517. The van der Waals surface area contributed by atoms with Crippen LogP contribution in [0.25, 0.3) is 21.8 Å². The van der Waals surface area contributed by atoms with Gasteiger partial charge in [-0.1, -0.05) is 88.1 Å². The second-order valence-electron chi connectivity index (χ2n) is 33.8. The molecule has 9 rings (SSSR count). The van der Waals surface area contributed by atoms with E-state index in [1.807, 2.05) is 13.8 Å². The third-order valence-corrected chi connectivity index (χ3v) is 25.1. The maximum atomic E-state index is 15.7. The molecule has 3 aliphatic heterocycles. The summed E-state index contributed by atoms with van der Waals surface area (Å²) < 4.78 is 0. The topological polar surface area (TPSA) is 670 Å². The summed E-state index contributed by atoms with van der Waals surface area (Å²) in [6, 6.07) is -1.12. The number of aliphatic hydroxyl groups is 2. The molecule has 134 heavy (non-hydrogen) atoms. The highest BCUT2D eigenvalue weighted by Crippen LogP contribution is 2.30. The molecule has 24 N–H and O–H groups in total. The van der Waals surface area contributed by atoms with Crippen molar-refractivity contribution < 1.29 is 102 Å². The van der Waals surface area contributed by atoms with Crippen LogP contribution in [0.3, 0.4) is 0 Å². The molecule has 0 aliphatic carbocycles. The number of H-pyrrole nitrogens is 3. The van der Waals surface area contributed by atoms with E-state index in [0.717, 1.165) is 36.3 Å². The van der Waals surface area contributed by atoms with E-state index in [1.54, 1.807) is 60.9 Å². The number of aromatic nitrogens is 4. The predicted molar refractivity (Wildman–Crippen MR) is 489 cm³/mol. The normalized spacial score (nSPS) is 24.9. The molecule has 0 unspecified atom stereocenters. The van der Waals surface area contributed by atoms with Crippen LogP contribution in [0.1, 0.15) is 127 Å². The van der Waals surface area contributed by atoms with Crippen molar-refractivity contribution in [2.75, 3.05) is 72.0 Å². The molecule has 3 fully saturated rings. The number of ketones is 1. The number of aliphatic carboxylic acids is 1. The minimum absolute atomic E-state index is 0.0139. The number of likely N-dealkylation sites (N-methyl/N-ethyl adjacent to an activating group) is 3. The summed E-state index contributed by atoms with van der Waals surface area (Å²) in [5.74, 6) is -19.9. The van der Waals surface area contributed by atoms with E-state index >= 15 is 33.6 Å². The fourth-order valence-electron chi connectivity index (χ4n) is 16.6. The van der Waals surface area contributed by atoms with Gasteiger partial charge in [0.15, 0.2) is 11.7 Å². The number of unbranched alkanes of at least 4 members (excludes halogenated alkanes) is 2. The number of aromatic amines is 3. The maximum Gasteiger partial charge on any atom is 0.305 e. The Morgan fingerprint density at radius 2 is 1.16 bits per heavy atom. The number of carboxylic acid groups (broad SMARTS) is 1. The summed E-state index contributed by atoms with van der Waals surface area (Å²) in [6.45, 7) is 1.86. The van der Waals surface area contributed by atoms with Crippen molar-refractivity contribution in [1.82, 2.24) is 97.6 Å². The van der Waals surface area contributed by atoms with Gasteiger partial charge in [-0.3, -0.25) is 86.9 Å². The maximum absolute atomic E-state index is 15.7. The molecule has 44 nitrogen and oxygen atoms in total. The highest BCUT2D eigenvalue weighted by molar-refractivity contribution is 8.00. The number of phenolic OH excluding ortho intramolecular Hbond substituents is 1. The summed E-state index contributed by atoms with van der Waals surface area (Å²) in [6.07, 6.45) is 2.38. The largest absolute Gasteiger partial charge is 0.508 e. The number of hydrogen-bond acceptors (Lipinski definition) is 24. The molecule has 15 amide bonds. The van der Waals surface area contributed by atoms with Crippen LogP contribution in [-0.4, -0.2) is 328 Å². The number of aromatic hydroxyl groups is 1. The lowest BCUT2D eigenvalue weighted by atomic mass is 9.90. The van der Waals surface area contributed by atoms with Crippen LogP contribution < -0.4 is 70.4 Å². The molecule has 6 aromatic rings. The minimum atomic E-state index is -2.03. The van der Waals surface area contributed by atoms with E-state index in [2.05, 4.69) is 73.1 Å². The van der Waals surface area contributed by atoms with Gasteiger partial charge in [0.2, 0.25) is 88.6 Å². The number of hydrogen-bond donors (Lipinski definition) is 21. The van der Waals surface area contributed by atoms with E-state index in [4.69, 9.17) is 22.6 Å². The molecule has 0 radical (unpaired) electrons. The van der Waals surface area contributed by atoms with Gasteiger partial charge in [-0.15, -0.1) is 11.8 Å². The summed E-state index contributed by atoms with van der Waals surface area (Å²) in [5.41, 5.74) is 20.1. The van der Waals surface area contributed by atoms with Crippen LogP contribution in [0.5, 0.6) is 5.75 Å².